The van der Waals surface area contributed by atoms with Gasteiger partial charge in [-0.15, -0.1) is 0 Å². The van der Waals surface area contributed by atoms with Crippen LogP contribution in [0.1, 0.15) is 80.4 Å². The van der Waals surface area contributed by atoms with E-state index in [0.717, 1.165) is 12.8 Å². The van der Waals surface area contributed by atoms with Gasteiger partial charge in [-0.2, -0.15) is 0 Å². The molecule has 5 atom stereocenters. The standard InChI is InChI=1S/C25H34N2O/c1-2-4-8-13-26-15-12-22-21-16-20(11-7-3-1)28-23(21)24-25(22,18-26)17-19-10-6-5-9-14-27(19)24/h1,3,6,10,16,19,22,24H,2,4-5,7-9,11-15,17-18H2/b3-1-. The van der Waals surface area contributed by atoms with Crippen molar-refractivity contribution >= 4 is 0 Å². The highest BCUT2D eigenvalue weighted by Gasteiger charge is 2.64. The highest BCUT2D eigenvalue weighted by molar-refractivity contribution is 5.42. The second kappa shape index (κ2) is 6.88. The van der Waals surface area contributed by atoms with E-state index in [9.17, 15) is 0 Å². The molecule has 6 aliphatic rings. The van der Waals surface area contributed by atoms with Gasteiger partial charge in [0, 0.05) is 24.4 Å². The lowest BCUT2D eigenvalue weighted by atomic mass is 9.68. The molecule has 5 unspecified atom stereocenters. The SMILES string of the molecule is C1=CC2CC34CN5CCCC/C=C\CCc6cc(c(o6)C3N2CCC1)C4CC5. The Balaban J connectivity index is 1.43. The smallest absolute Gasteiger partial charge is 0.125 e. The van der Waals surface area contributed by atoms with Crippen LogP contribution in [0.3, 0.4) is 0 Å². The maximum absolute atomic E-state index is 6.66. The molecule has 2 fully saturated rings. The van der Waals surface area contributed by atoms with E-state index in [2.05, 4.69) is 40.2 Å². The quantitative estimate of drug-likeness (QED) is 0.578. The summed E-state index contributed by atoms with van der Waals surface area (Å²) in [7, 11) is 0. The number of fused-ring (bicyclic) bond motifs is 8. The first-order valence-electron chi connectivity index (χ1n) is 11.8. The Morgan fingerprint density at radius 1 is 0.964 bits per heavy atom. The predicted octanol–water partition coefficient (Wildman–Crippen LogP) is 5.21. The summed E-state index contributed by atoms with van der Waals surface area (Å²) in [4.78, 5) is 5.63. The molecule has 1 aromatic rings. The average molecular weight is 379 g/mol. The number of nitrogens with zero attached hydrogens (tertiary/aromatic N) is 2. The molecule has 5 aliphatic heterocycles. The van der Waals surface area contributed by atoms with Crippen molar-refractivity contribution in [1.82, 2.24) is 9.80 Å². The minimum atomic E-state index is 0.385. The zero-order valence-corrected chi connectivity index (χ0v) is 17.1. The summed E-state index contributed by atoms with van der Waals surface area (Å²) in [5.41, 5.74) is 1.97. The predicted molar refractivity (Wildman–Crippen MR) is 112 cm³/mol. The van der Waals surface area contributed by atoms with Crippen molar-refractivity contribution in [2.45, 2.75) is 75.8 Å². The molecule has 6 heterocycles. The molecular formula is C25H34N2O. The van der Waals surface area contributed by atoms with E-state index < -0.39 is 0 Å². The Hall–Kier alpha value is -1.32. The topological polar surface area (TPSA) is 19.6 Å². The molecule has 3 heteroatoms. The zero-order chi connectivity index (χ0) is 18.6. The molecule has 1 aromatic heterocycles. The molecule has 6 bridgehead atoms. The van der Waals surface area contributed by atoms with Crippen LogP contribution in [0.4, 0.5) is 0 Å². The number of hydrogen-bond acceptors (Lipinski definition) is 3. The van der Waals surface area contributed by atoms with Gasteiger partial charge in [-0.25, -0.2) is 0 Å². The normalized spacial score (nSPS) is 41.3. The molecular weight excluding hydrogens is 344 g/mol. The molecule has 0 aromatic carbocycles. The molecule has 0 N–H and O–H groups in total. The van der Waals surface area contributed by atoms with Gasteiger partial charge in [0.05, 0.1) is 6.04 Å². The minimum Gasteiger partial charge on any atom is -0.464 e. The van der Waals surface area contributed by atoms with Crippen molar-refractivity contribution in [3.05, 3.63) is 47.5 Å². The first kappa shape index (κ1) is 17.5. The number of allylic oxidation sites excluding steroid dienone is 3. The van der Waals surface area contributed by atoms with Gasteiger partial charge in [0.1, 0.15) is 11.5 Å². The summed E-state index contributed by atoms with van der Waals surface area (Å²) in [5, 5.41) is 0. The lowest BCUT2D eigenvalue weighted by Crippen LogP contribution is -2.47. The van der Waals surface area contributed by atoms with Gasteiger partial charge in [0.2, 0.25) is 0 Å². The molecule has 2 saturated heterocycles. The molecule has 28 heavy (non-hydrogen) atoms. The lowest BCUT2D eigenvalue weighted by Gasteiger charge is -2.45. The highest BCUT2D eigenvalue weighted by Crippen LogP contribution is 2.67. The highest BCUT2D eigenvalue weighted by atomic mass is 16.3. The van der Waals surface area contributed by atoms with Crippen LogP contribution in [-0.2, 0) is 6.42 Å². The van der Waals surface area contributed by atoms with Crippen molar-refractivity contribution in [2.24, 2.45) is 5.41 Å². The summed E-state index contributed by atoms with van der Waals surface area (Å²) < 4.78 is 6.66. The van der Waals surface area contributed by atoms with Crippen LogP contribution in [0.2, 0.25) is 0 Å². The Kier molecular flexibility index (Phi) is 4.31. The Labute approximate surface area is 169 Å². The fourth-order valence-electron chi connectivity index (χ4n) is 7.16. The van der Waals surface area contributed by atoms with E-state index >= 15 is 0 Å². The van der Waals surface area contributed by atoms with Gasteiger partial charge in [0.25, 0.3) is 0 Å². The van der Waals surface area contributed by atoms with Crippen LogP contribution in [0.5, 0.6) is 0 Å². The first-order chi connectivity index (χ1) is 13.9. The van der Waals surface area contributed by atoms with E-state index in [1.54, 1.807) is 5.56 Å². The second-order valence-corrected chi connectivity index (χ2v) is 9.87. The van der Waals surface area contributed by atoms with Crippen LogP contribution in [0.15, 0.2) is 34.8 Å². The largest absolute Gasteiger partial charge is 0.464 e. The minimum absolute atomic E-state index is 0.385. The fourth-order valence-corrected chi connectivity index (χ4v) is 7.16. The van der Waals surface area contributed by atoms with E-state index in [1.807, 2.05) is 0 Å². The van der Waals surface area contributed by atoms with Gasteiger partial charge < -0.3 is 9.32 Å². The molecule has 1 aliphatic carbocycles. The number of hydrogen-bond donors (Lipinski definition) is 0. The Bertz CT molecular complexity index is 792. The third-order valence-electron chi connectivity index (χ3n) is 8.27. The van der Waals surface area contributed by atoms with E-state index in [0.29, 0.717) is 23.4 Å². The van der Waals surface area contributed by atoms with Crippen molar-refractivity contribution in [1.29, 1.82) is 0 Å². The Morgan fingerprint density at radius 2 is 1.89 bits per heavy atom. The third kappa shape index (κ3) is 2.62. The van der Waals surface area contributed by atoms with Crippen molar-refractivity contribution < 1.29 is 4.42 Å². The first-order valence-corrected chi connectivity index (χ1v) is 11.8. The van der Waals surface area contributed by atoms with Gasteiger partial charge in [0.15, 0.2) is 0 Å². The van der Waals surface area contributed by atoms with E-state index in [-0.39, 0.29) is 0 Å². The molecule has 0 saturated carbocycles. The molecule has 7 rings (SSSR count). The average Bonchev–Trinajstić information content (AvgIpc) is 3.21. The van der Waals surface area contributed by atoms with Gasteiger partial charge in [-0.3, -0.25) is 4.90 Å². The van der Waals surface area contributed by atoms with Crippen LogP contribution in [0.25, 0.3) is 0 Å². The molecule has 3 nitrogen and oxygen atoms in total. The molecule has 1 spiro atoms. The van der Waals surface area contributed by atoms with Crippen LogP contribution in [0, 0.1) is 5.41 Å². The molecule has 150 valence electrons. The second-order valence-electron chi connectivity index (χ2n) is 9.87. The summed E-state index contributed by atoms with van der Waals surface area (Å²) in [6.07, 6.45) is 21.0. The zero-order valence-electron chi connectivity index (χ0n) is 17.1. The summed E-state index contributed by atoms with van der Waals surface area (Å²) in [6, 6.07) is 3.60. The van der Waals surface area contributed by atoms with Crippen molar-refractivity contribution in [3.8, 4) is 0 Å². The van der Waals surface area contributed by atoms with E-state index in [1.165, 1.54) is 82.6 Å². The summed E-state index contributed by atoms with van der Waals surface area (Å²) in [5.74, 6) is 3.30. The van der Waals surface area contributed by atoms with Crippen molar-refractivity contribution in [2.75, 3.05) is 26.2 Å². The number of aryl methyl sites for hydroxylation is 1. The summed E-state index contributed by atoms with van der Waals surface area (Å²) >= 11 is 0. The molecule has 0 amide bonds. The van der Waals surface area contributed by atoms with Gasteiger partial charge >= 0.3 is 0 Å². The molecule has 0 radical (unpaired) electrons. The lowest BCUT2D eigenvalue weighted by molar-refractivity contribution is 0.0368. The fraction of sp³-hybridized carbons (Fsp3) is 0.680. The maximum atomic E-state index is 6.66. The van der Waals surface area contributed by atoms with Gasteiger partial charge in [-0.05, 0) is 88.5 Å². The van der Waals surface area contributed by atoms with Gasteiger partial charge in [-0.1, -0.05) is 24.3 Å². The third-order valence-corrected chi connectivity index (χ3v) is 8.27. The van der Waals surface area contributed by atoms with Crippen LogP contribution < -0.4 is 0 Å². The van der Waals surface area contributed by atoms with Crippen LogP contribution >= 0.6 is 0 Å². The summed E-state index contributed by atoms with van der Waals surface area (Å²) in [6.45, 7) is 5.06. The maximum Gasteiger partial charge on any atom is 0.125 e. The number of furan rings is 1. The van der Waals surface area contributed by atoms with Crippen molar-refractivity contribution in [3.63, 3.8) is 0 Å². The number of piperidine rings is 1. The van der Waals surface area contributed by atoms with E-state index in [4.69, 9.17) is 4.42 Å². The Morgan fingerprint density at radius 3 is 2.89 bits per heavy atom. The number of rotatable bonds is 0. The monoisotopic (exact) mass is 378 g/mol. The van der Waals surface area contributed by atoms with Crippen LogP contribution in [-0.4, -0.2) is 42.0 Å².